The Kier molecular flexibility index (Phi) is 5.17. The number of carbonyl (C=O) groups excluding carboxylic acids is 1. The normalized spacial score (nSPS) is 9.94. The van der Waals surface area contributed by atoms with E-state index in [9.17, 15) is 4.79 Å². The first kappa shape index (κ1) is 13.2. The van der Waals surface area contributed by atoms with Crippen molar-refractivity contribution in [3.05, 3.63) is 11.8 Å². The van der Waals surface area contributed by atoms with Crippen molar-refractivity contribution >= 4 is 11.7 Å². The lowest BCUT2D eigenvalue weighted by Gasteiger charge is -2.06. The van der Waals surface area contributed by atoms with Gasteiger partial charge >= 0.3 is 0 Å². The molecular weight excluding hydrogens is 220 g/mol. The molecule has 0 bridgehead atoms. The second-order valence-electron chi connectivity index (χ2n) is 3.55. The molecule has 1 heterocycles. The predicted octanol–water partition coefficient (Wildman–Crippen LogP) is 1.05. The van der Waals surface area contributed by atoms with Gasteiger partial charge in [0, 0.05) is 13.7 Å². The maximum Gasteiger partial charge on any atom is 0.227 e. The molecule has 17 heavy (non-hydrogen) atoms. The van der Waals surface area contributed by atoms with Crippen LogP contribution in [0.5, 0.6) is 0 Å². The molecule has 0 atom stereocenters. The van der Waals surface area contributed by atoms with Gasteiger partial charge in [-0.2, -0.15) is 10.4 Å². The Morgan fingerprint density at radius 3 is 3.06 bits per heavy atom. The van der Waals surface area contributed by atoms with E-state index in [-0.39, 0.29) is 12.3 Å². The average Bonchev–Trinajstić information content (AvgIpc) is 2.66. The smallest absolute Gasteiger partial charge is 0.227 e. The van der Waals surface area contributed by atoms with Gasteiger partial charge in [0.15, 0.2) is 0 Å². The van der Waals surface area contributed by atoms with Crippen molar-refractivity contribution in [2.75, 3.05) is 18.5 Å². The lowest BCUT2D eigenvalue weighted by atomic mass is 10.3. The van der Waals surface area contributed by atoms with E-state index in [1.807, 2.05) is 13.0 Å². The van der Waals surface area contributed by atoms with Gasteiger partial charge in [-0.05, 0) is 6.42 Å². The van der Waals surface area contributed by atoms with E-state index in [2.05, 4.69) is 10.4 Å². The van der Waals surface area contributed by atoms with E-state index in [0.29, 0.717) is 24.6 Å². The second-order valence-corrected chi connectivity index (χ2v) is 3.55. The molecule has 0 radical (unpaired) electrons. The lowest BCUT2D eigenvalue weighted by molar-refractivity contribution is -0.117. The summed E-state index contributed by atoms with van der Waals surface area (Å²) in [6.07, 6.45) is 2.63. The number of amides is 1. The van der Waals surface area contributed by atoms with Crippen LogP contribution >= 0.6 is 0 Å². The quantitative estimate of drug-likeness (QED) is 0.748. The zero-order valence-corrected chi connectivity index (χ0v) is 10.1. The fraction of sp³-hybridized carbons (Fsp3) is 0.545. The summed E-state index contributed by atoms with van der Waals surface area (Å²) in [5.41, 5.74) is 0.357. The van der Waals surface area contributed by atoms with Crippen LogP contribution in [0.3, 0.4) is 0 Å². The van der Waals surface area contributed by atoms with E-state index in [0.717, 1.165) is 6.42 Å². The van der Waals surface area contributed by atoms with Crippen LogP contribution in [0.15, 0.2) is 6.20 Å². The topological polar surface area (TPSA) is 79.9 Å². The molecule has 1 amide bonds. The standard InChI is InChI=1S/C11H16N4O2/c1-3-5-17-6-4-10(16)14-11-9(7-12)8-13-15(11)2/h8H,3-6H2,1-2H3,(H,14,16). The molecule has 0 spiro atoms. The molecular formula is C11H16N4O2. The number of aromatic nitrogens is 2. The molecule has 6 nitrogen and oxygen atoms in total. The monoisotopic (exact) mass is 236 g/mol. The molecule has 1 N–H and O–H groups in total. The van der Waals surface area contributed by atoms with Gasteiger partial charge in [0.05, 0.1) is 19.2 Å². The average molecular weight is 236 g/mol. The number of rotatable bonds is 6. The van der Waals surface area contributed by atoms with Gasteiger partial charge in [0.1, 0.15) is 17.5 Å². The van der Waals surface area contributed by atoms with Crippen LogP contribution in [0.25, 0.3) is 0 Å². The molecule has 0 aliphatic rings. The molecule has 1 aromatic heterocycles. The minimum absolute atomic E-state index is 0.179. The summed E-state index contributed by atoms with van der Waals surface area (Å²) in [5, 5.41) is 15.4. The predicted molar refractivity (Wildman–Crippen MR) is 62.3 cm³/mol. The molecule has 92 valence electrons. The highest BCUT2D eigenvalue weighted by Crippen LogP contribution is 2.12. The van der Waals surface area contributed by atoms with Gasteiger partial charge in [0.2, 0.25) is 5.91 Å². The van der Waals surface area contributed by atoms with Crippen molar-refractivity contribution in [3.63, 3.8) is 0 Å². The van der Waals surface area contributed by atoms with Crippen LogP contribution in [-0.4, -0.2) is 28.9 Å². The number of hydrogen-bond donors (Lipinski definition) is 1. The molecule has 6 heteroatoms. The van der Waals surface area contributed by atoms with E-state index in [1.165, 1.54) is 10.9 Å². The first-order chi connectivity index (χ1) is 8.19. The van der Waals surface area contributed by atoms with Gasteiger partial charge in [0.25, 0.3) is 0 Å². The van der Waals surface area contributed by atoms with E-state index in [4.69, 9.17) is 10.00 Å². The number of nitriles is 1. The Bertz CT molecular complexity index is 420. The summed E-state index contributed by atoms with van der Waals surface area (Å²) in [5.74, 6) is 0.245. The van der Waals surface area contributed by atoms with Gasteiger partial charge in [-0.1, -0.05) is 6.92 Å². The number of anilines is 1. The van der Waals surface area contributed by atoms with E-state index < -0.39 is 0 Å². The summed E-state index contributed by atoms with van der Waals surface area (Å²) >= 11 is 0. The third-order valence-corrected chi connectivity index (χ3v) is 2.14. The number of nitrogens with one attached hydrogen (secondary N) is 1. The number of ether oxygens (including phenoxy) is 1. The maximum atomic E-state index is 11.6. The van der Waals surface area contributed by atoms with E-state index in [1.54, 1.807) is 7.05 Å². The zero-order chi connectivity index (χ0) is 12.7. The molecule has 0 aromatic carbocycles. The van der Waals surface area contributed by atoms with Gasteiger partial charge in [-0.15, -0.1) is 0 Å². The summed E-state index contributed by atoms with van der Waals surface area (Å²) in [6, 6.07) is 1.97. The van der Waals surface area contributed by atoms with Crippen LogP contribution in [-0.2, 0) is 16.6 Å². The maximum absolute atomic E-state index is 11.6. The number of hydrogen-bond acceptors (Lipinski definition) is 4. The third kappa shape index (κ3) is 3.89. The van der Waals surface area contributed by atoms with Crippen molar-refractivity contribution in [3.8, 4) is 6.07 Å². The lowest BCUT2D eigenvalue weighted by Crippen LogP contribution is -2.17. The van der Waals surface area contributed by atoms with Gasteiger partial charge in [-0.3, -0.25) is 9.48 Å². The summed E-state index contributed by atoms with van der Waals surface area (Å²) < 4.78 is 6.67. The highest BCUT2D eigenvalue weighted by molar-refractivity contribution is 5.91. The largest absolute Gasteiger partial charge is 0.381 e. The van der Waals surface area contributed by atoms with Crippen LogP contribution in [0, 0.1) is 11.3 Å². The molecule has 1 rings (SSSR count). The number of carbonyl (C=O) groups is 1. The Balaban J connectivity index is 2.45. The first-order valence-electron chi connectivity index (χ1n) is 5.48. The molecule has 0 saturated carbocycles. The van der Waals surface area contributed by atoms with Crippen molar-refractivity contribution in [1.29, 1.82) is 5.26 Å². The Labute approximate surface area is 100 Å². The van der Waals surface area contributed by atoms with Crippen molar-refractivity contribution < 1.29 is 9.53 Å². The van der Waals surface area contributed by atoms with Gasteiger partial charge < -0.3 is 10.1 Å². The summed E-state index contributed by atoms with van der Waals surface area (Å²) in [7, 11) is 1.67. The summed E-state index contributed by atoms with van der Waals surface area (Å²) in [6.45, 7) is 3.05. The van der Waals surface area contributed by atoms with Crippen molar-refractivity contribution in [2.24, 2.45) is 7.05 Å². The van der Waals surface area contributed by atoms with Gasteiger partial charge in [-0.25, -0.2) is 0 Å². The Hall–Kier alpha value is -1.87. The molecule has 0 saturated heterocycles. The molecule has 1 aromatic rings. The van der Waals surface area contributed by atoms with Crippen LogP contribution in [0.2, 0.25) is 0 Å². The minimum Gasteiger partial charge on any atom is -0.381 e. The molecule has 0 unspecified atom stereocenters. The fourth-order valence-electron chi connectivity index (χ4n) is 1.27. The Morgan fingerprint density at radius 2 is 2.41 bits per heavy atom. The molecule has 0 aliphatic heterocycles. The highest BCUT2D eigenvalue weighted by Gasteiger charge is 2.11. The van der Waals surface area contributed by atoms with Crippen LogP contribution in [0.4, 0.5) is 5.82 Å². The number of nitrogens with zero attached hydrogens (tertiary/aromatic N) is 3. The molecule has 0 aliphatic carbocycles. The fourth-order valence-corrected chi connectivity index (χ4v) is 1.27. The SMILES string of the molecule is CCCOCCC(=O)Nc1c(C#N)cnn1C. The highest BCUT2D eigenvalue weighted by atomic mass is 16.5. The van der Waals surface area contributed by atoms with Crippen LogP contribution in [0.1, 0.15) is 25.3 Å². The molecule has 0 fully saturated rings. The Morgan fingerprint density at radius 1 is 1.65 bits per heavy atom. The van der Waals surface area contributed by atoms with E-state index >= 15 is 0 Å². The first-order valence-corrected chi connectivity index (χ1v) is 5.48. The van der Waals surface area contributed by atoms with Crippen molar-refractivity contribution in [1.82, 2.24) is 9.78 Å². The zero-order valence-electron chi connectivity index (χ0n) is 10.1. The summed E-state index contributed by atoms with van der Waals surface area (Å²) in [4.78, 5) is 11.6. The third-order valence-electron chi connectivity index (χ3n) is 2.14. The minimum atomic E-state index is -0.179. The second kappa shape index (κ2) is 6.66. The number of aryl methyl sites for hydroxylation is 1. The van der Waals surface area contributed by atoms with Crippen LogP contribution < -0.4 is 5.32 Å². The van der Waals surface area contributed by atoms with Crippen molar-refractivity contribution in [2.45, 2.75) is 19.8 Å².